The molecule has 2 rings (SSSR count). The Labute approximate surface area is 108 Å². The molecule has 0 saturated heterocycles. The highest BCUT2D eigenvalue weighted by Crippen LogP contribution is 2.26. The minimum absolute atomic E-state index is 0.340. The number of nitrogens with zero attached hydrogens (tertiary/aromatic N) is 2. The predicted octanol–water partition coefficient (Wildman–Crippen LogP) is 2.84. The quantitative estimate of drug-likeness (QED) is 0.842. The fourth-order valence-corrected chi connectivity index (χ4v) is 2.52. The Morgan fingerprint density at radius 2 is 2.35 bits per heavy atom. The molecule has 0 aliphatic heterocycles. The maximum Gasteiger partial charge on any atom is 0.0850 e. The third kappa shape index (κ3) is 2.72. The number of hydrogen-bond acceptors (Lipinski definition) is 2. The molecule has 1 aromatic heterocycles. The molecule has 17 heavy (non-hydrogen) atoms. The van der Waals surface area contributed by atoms with Crippen LogP contribution >= 0.6 is 11.6 Å². The summed E-state index contributed by atoms with van der Waals surface area (Å²) in [7, 11) is 0. The van der Waals surface area contributed by atoms with E-state index in [1.807, 2.05) is 11.6 Å². The van der Waals surface area contributed by atoms with Crippen LogP contribution in [0.5, 0.6) is 0 Å². The summed E-state index contributed by atoms with van der Waals surface area (Å²) in [5, 5.41) is 5.26. The molecule has 0 fully saturated rings. The molecule has 1 atom stereocenters. The van der Waals surface area contributed by atoms with Crippen molar-refractivity contribution in [2.45, 2.75) is 52.1 Å². The van der Waals surface area contributed by atoms with Gasteiger partial charge in [0.25, 0.3) is 0 Å². The van der Waals surface area contributed by atoms with Crippen LogP contribution in [0.1, 0.15) is 37.6 Å². The summed E-state index contributed by atoms with van der Waals surface area (Å²) in [6, 6.07) is 0.340. The van der Waals surface area contributed by atoms with Crippen LogP contribution in [0.25, 0.3) is 0 Å². The highest BCUT2D eigenvalue weighted by molar-refractivity contribution is 6.31. The molecule has 3 nitrogen and oxygen atoms in total. The number of aryl methyl sites for hydroxylation is 2. The van der Waals surface area contributed by atoms with E-state index >= 15 is 0 Å². The normalized spacial score (nSPS) is 20.5. The SMILES string of the molecule is CCn1nc(C)c(Cl)c1CC1=CCC(N)CC1. The lowest BCUT2D eigenvalue weighted by Crippen LogP contribution is -2.22. The van der Waals surface area contributed by atoms with Gasteiger partial charge in [0.05, 0.1) is 16.4 Å². The van der Waals surface area contributed by atoms with Gasteiger partial charge < -0.3 is 5.73 Å². The van der Waals surface area contributed by atoms with Gasteiger partial charge in [0.1, 0.15) is 0 Å². The summed E-state index contributed by atoms with van der Waals surface area (Å²) in [6.45, 7) is 4.93. The fourth-order valence-electron chi connectivity index (χ4n) is 2.32. The van der Waals surface area contributed by atoms with Gasteiger partial charge in [-0.2, -0.15) is 5.10 Å². The predicted molar refractivity (Wildman–Crippen MR) is 71.3 cm³/mol. The minimum atomic E-state index is 0.340. The molecule has 0 radical (unpaired) electrons. The second kappa shape index (κ2) is 5.23. The van der Waals surface area contributed by atoms with Gasteiger partial charge in [-0.25, -0.2) is 0 Å². The van der Waals surface area contributed by atoms with Gasteiger partial charge in [0, 0.05) is 19.0 Å². The lowest BCUT2D eigenvalue weighted by molar-refractivity contribution is 0.572. The van der Waals surface area contributed by atoms with Gasteiger partial charge in [0.2, 0.25) is 0 Å². The summed E-state index contributed by atoms with van der Waals surface area (Å²) in [5.41, 5.74) is 9.41. The lowest BCUT2D eigenvalue weighted by Gasteiger charge is -2.18. The van der Waals surface area contributed by atoms with Gasteiger partial charge in [0.15, 0.2) is 0 Å². The molecule has 0 saturated carbocycles. The zero-order valence-electron chi connectivity index (χ0n) is 10.5. The lowest BCUT2D eigenvalue weighted by atomic mass is 9.93. The first-order chi connectivity index (χ1) is 8.11. The van der Waals surface area contributed by atoms with Crippen LogP contribution in [0.2, 0.25) is 5.02 Å². The van der Waals surface area contributed by atoms with E-state index in [2.05, 4.69) is 18.1 Å². The first-order valence-corrected chi connectivity index (χ1v) is 6.64. The third-order valence-corrected chi connectivity index (χ3v) is 3.88. The Bertz CT molecular complexity index is 434. The smallest absolute Gasteiger partial charge is 0.0850 e. The molecule has 1 heterocycles. The molecule has 0 spiro atoms. The van der Waals surface area contributed by atoms with Gasteiger partial charge >= 0.3 is 0 Å². The van der Waals surface area contributed by atoms with Crippen LogP contribution in [0.15, 0.2) is 11.6 Å². The average Bonchev–Trinajstić information content (AvgIpc) is 2.59. The fraction of sp³-hybridized carbons (Fsp3) is 0.615. The highest BCUT2D eigenvalue weighted by Gasteiger charge is 2.16. The van der Waals surface area contributed by atoms with Crippen molar-refractivity contribution < 1.29 is 0 Å². The Balaban J connectivity index is 2.18. The van der Waals surface area contributed by atoms with Crippen LogP contribution in [0.4, 0.5) is 0 Å². The summed E-state index contributed by atoms with van der Waals surface area (Å²) >= 11 is 6.31. The first kappa shape index (κ1) is 12.7. The molecule has 1 aliphatic rings. The summed E-state index contributed by atoms with van der Waals surface area (Å²) in [4.78, 5) is 0. The maximum atomic E-state index is 6.31. The van der Waals surface area contributed by atoms with Crippen molar-refractivity contribution in [3.8, 4) is 0 Å². The molecular weight excluding hydrogens is 234 g/mol. The second-order valence-corrected chi connectivity index (χ2v) is 5.11. The number of rotatable bonds is 3. The minimum Gasteiger partial charge on any atom is -0.327 e. The van der Waals surface area contributed by atoms with Crippen LogP contribution < -0.4 is 5.73 Å². The number of nitrogens with two attached hydrogens (primary N) is 1. The first-order valence-electron chi connectivity index (χ1n) is 6.27. The van der Waals surface area contributed by atoms with Crippen molar-refractivity contribution in [1.29, 1.82) is 0 Å². The van der Waals surface area contributed by atoms with Crippen molar-refractivity contribution in [2.24, 2.45) is 5.73 Å². The highest BCUT2D eigenvalue weighted by atomic mass is 35.5. The molecule has 4 heteroatoms. The van der Waals surface area contributed by atoms with E-state index in [-0.39, 0.29) is 0 Å². The Kier molecular flexibility index (Phi) is 3.89. The Hall–Kier alpha value is -0.800. The van der Waals surface area contributed by atoms with Gasteiger partial charge in [-0.15, -0.1) is 0 Å². The summed E-state index contributed by atoms with van der Waals surface area (Å²) in [6.07, 6.45) is 6.35. The van der Waals surface area contributed by atoms with Crippen molar-refractivity contribution >= 4 is 11.6 Å². The van der Waals surface area contributed by atoms with E-state index in [9.17, 15) is 0 Å². The van der Waals surface area contributed by atoms with E-state index in [1.54, 1.807) is 0 Å². The largest absolute Gasteiger partial charge is 0.327 e. The zero-order valence-corrected chi connectivity index (χ0v) is 11.3. The monoisotopic (exact) mass is 253 g/mol. The van der Waals surface area contributed by atoms with Crippen LogP contribution in [0, 0.1) is 6.92 Å². The molecule has 0 amide bonds. The van der Waals surface area contributed by atoms with Gasteiger partial charge in [-0.3, -0.25) is 4.68 Å². The number of aromatic nitrogens is 2. The zero-order chi connectivity index (χ0) is 12.4. The Morgan fingerprint density at radius 1 is 1.59 bits per heavy atom. The number of allylic oxidation sites excluding steroid dienone is 1. The van der Waals surface area contributed by atoms with Crippen molar-refractivity contribution in [3.63, 3.8) is 0 Å². The molecule has 0 aromatic carbocycles. The standard InChI is InChI=1S/C13H20ClN3/c1-3-17-12(13(14)9(2)16-17)8-10-4-6-11(15)7-5-10/h4,11H,3,5-8,15H2,1-2H3. The van der Waals surface area contributed by atoms with Crippen molar-refractivity contribution in [1.82, 2.24) is 9.78 Å². The van der Waals surface area contributed by atoms with Crippen molar-refractivity contribution in [3.05, 3.63) is 28.1 Å². The van der Waals surface area contributed by atoms with E-state index in [1.165, 1.54) is 5.57 Å². The maximum absolute atomic E-state index is 6.31. The molecule has 94 valence electrons. The summed E-state index contributed by atoms with van der Waals surface area (Å²) < 4.78 is 2.01. The number of hydrogen-bond donors (Lipinski definition) is 1. The van der Waals surface area contributed by atoms with E-state index in [0.29, 0.717) is 6.04 Å². The van der Waals surface area contributed by atoms with E-state index in [0.717, 1.165) is 48.6 Å². The van der Waals surface area contributed by atoms with E-state index < -0.39 is 0 Å². The number of halogens is 1. The topological polar surface area (TPSA) is 43.8 Å². The molecule has 0 bridgehead atoms. The molecule has 1 aliphatic carbocycles. The molecule has 1 unspecified atom stereocenters. The van der Waals surface area contributed by atoms with Crippen LogP contribution in [0.3, 0.4) is 0 Å². The van der Waals surface area contributed by atoms with Gasteiger partial charge in [-0.1, -0.05) is 23.3 Å². The third-order valence-electron chi connectivity index (χ3n) is 3.39. The second-order valence-electron chi connectivity index (χ2n) is 4.74. The average molecular weight is 254 g/mol. The Morgan fingerprint density at radius 3 is 2.94 bits per heavy atom. The molecule has 2 N–H and O–H groups in total. The molecular formula is C13H20ClN3. The van der Waals surface area contributed by atoms with Gasteiger partial charge in [-0.05, 0) is 33.1 Å². The summed E-state index contributed by atoms with van der Waals surface area (Å²) in [5.74, 6) is 0. The van der Waals surface area contributed by atoms with Crippen LogP contribution in [-0.2, 0) is 13.0 Å². The molecule has 1 aromatic rings. The van der Waals surface area contributed by atoms with Crippen LogP contribution in [-0.4, -0.2) is 15.8 Å². The van der Waals surface area contributed by atoms with E-state index in [4.69, 9.17) is 17.3 Å². The van der Waals surface area contributed by atoms with Crippen molar-refractivity contribution in [2.75, 3.05) is 0 Å².